The maximum atomic E-state index is 14.8. The Labute approximate surface area is 276 Å². The van der Waals surface area contributed by atoms with E-state index < -0.39 is 28.4 Å². The van der Waals surface area contributed by atoms with E-state index in [0.717, 1.165) is 6.20 Å². The largest absolute Gasteiger partial charge is 0.497 e. The third-order valence-electron chi connectivity index (χ3n) is 7.59. The number of carbonyl (C=O) groups is 1. The number of aromatic nitrogens is 2. The van der Waals surface area contributed by atoms with Gasteiger partial charge >= 0.3 is 6.05 Å². The van der Waals surface area contributed by atoms with Crippen molar-refractivity contribution in [1.29, 1.82) is 0 Å². The molecule has 0 unspecified atom stereocenters. The monoisotopic (exact) mass is 682 g/mol. The Balaban J connectivity index is 1.60. The second-order valence-corrected chi connectivity index (χ2v) is 13.1. The van der Waals surface area contributed by atoms with Crippen molar-refractivity contribution < 1.29 is 31.5 Å². The number of benzene rings is 4. The van der Waals surface area contributed by atoms with Crippen LogP contribution in [0.1, 0.15) is 30.0 Å². The van der Waals surface area contributed by atoms with E-state index in [0.29, 0.717) is 37.9 Å². The maximum Gasteiger partial charge on any atom is 0.343 e. The van der Waals surface area contributed by atoms with E-state index in [1.165, 1.54) is 37.6 Å². The number of nitrogens with one attached hydrogen (secondary N) is 1. The fourth-order valence-corrected chi connectivity index (χ4v) is 6.79. The Bertz CT molecular complexity index is 1940. The number of rotatable bonds is 13. The summed E-state index contributed by atoms with van der Waals surface area (Å²) in [5.74, 6) is 0.724. The SMILES string of the molecule is CCC(F)(F)n1cc2c(S(=O)(=O)N(Cc3ccc(OC)cc3)Cc3ccc(OC)cc3)cc(NC(=O)Cc3ccccc3Cl)cc2n1. The first-order chi connectivity index (χ1) is 22.4. The smallest absolute Gasteiger partial charge is 0.343 e. The number of halogens is 3. The number of alkyl halides is 2. The standard InChI is InChI=1S/C34H33ClF2N4O5S/c1-4-34(36,37)41-22-29-31(39-41)18-26(38-33(42)17-25-7-5-6-8-30(25)35)19-32(29)47(43,44)40(20-23-9-13-27(45-2)14-10-23)21-24-11-15-28(46-3)16-12-24/h5-16,18-19,22H,4,17,20-21H2,1-3H3,(H,38,42). The van der Waals surface area contributed by atoms with Gasteiger partial charge in [-0.3, -0.25) is 4.79 Å². The predicted molar refractivity (Wildman–Crippen MR) is 176 cm³/mol. The quantitative estimate of drug-likeness (QED) is 0.141. The van der Waals surface area contributed by atoms with Crippen LogP contribution in [0.4, 0.5) is 14.5 Å². The molecule has 0 saturated carbocycles. The molecule has 13 heteroatoms. The molecule has 1 amide bonds. The van der Waals surface area contributed by atoms with E-state index >= 15 is 0 Å². The summed E-state index contributed by atoms with van der Waals surface area (Å²) in [6.45, 7) is 1.19. The highest BCUT2D eigenvalue weighted by Gasteiger charge is 2.33. The Hall–Kier alpha value is -4.52. The number of nitrogens with zero attached hydrogens (tertiary/aromatic N) is 3. The molecular weight excluding hydrogens is 650 g/mol. The number of fused-ring (bicyclic) bond motifs is 1. The van der Waals surface area contributed by atoms with Crippen LogP contribution in [0.5, 0.6) is 11.5 Å². The second-order valence-electron chi connectivity index (χ2n) is 10.8. The van der Waals surface area contributed by atoms with E-state index in [1.54, 1.807) is 72.8 Å². The fourth-order valence-electron chi connectivity index (χ4n) is 4.96. The van der Waals surface area contributed by atoms with Crippen molar-refractivity contribution in [2.45, 2.75) is 43.8 Å². The molecule has 47 heavy (non-hydrogen) atoms. The minimum Gasteiger partial charge on any atom is -0.497 e. The van der Waals surface area contributed by atoms with Crippen LogP contribution >= 0.6 is 11.6 Å². The van der Waals surface area contributed by atoms with Crippen LogP contribution in [-0.4, -0.2) is 42.6 Å². The van der Waals surface area contributed by atoms with Gasteiger partial charge in [0.2, 0.25) is 15.9 Å². The van der Waals surface area contributed by atoms with Gasteiger partial charge in [0, 0.05) is 41.8 Å². The molecule has 0 fully saturated rings. The number of sulfonamides is 1. The summed E-state index contributed by atoms with van der Waals surface area (Å²) >= 11 is 6.23. The third kappa shape index (κ3) is 7.73. The Morgan fingerprint density at radius 3 is 2.04 bits per heavy atom. The maximum absolute atomic E-state index is 14.8. The molecule has 5 rings (SSSR count). The van der Waals surface area contributed by atoms with Crippen molar-refractivity contribution in [1.82, 2.24) is 14.1 Å². The van der Waals surface area contributed by atoms with Crippen LogP contribution in [0, 0.1) is 0 Å². The molecule has 246 valence electrons. The first-order valence-electron chi connectivity index (χ1n) is 14.6. The van der Waals surface area contributed by atoms with Gasteiger partial charge in [-0.2, -0.15) is 18.2 Å². The molecule has 0 spiro atoms. The average molecular weight is 683 g/mol. The molecule has 0 aliphatic heterocycles. The highest BCUT2D eigenvalue weighted by molar-refractivity contribution is 7.89. The van der Waals surface area contributed by atoms with Gasteiger partial charge in [-0.1, -0.05) is 61.0 Å². The van der Waals surface area contributed by atoms with Crippen LogP contribution in [-0.2, 0) is 40.4 Å². The topological polar surface area (TPSA) is 103 Å². The molecule has 0 aliphatic carbocycles. The van der Waals surface area contributed by atoms with E-state index in [4.69, 9.17) is 21.1 Å². The number of carbonyl (C=O) groups excluding carboxylic acids is 1. The Kier molecular flexibility index (Phi) is 10.1. The average Bonchev–Trinajstić information content (AvgIpc) is 3.51. The number of ether oxygens (including phenoxy) is 2. The van der Waals surface area contributed by atoms with Crippen molar-refractivity contribution in [3.63, 3.8) is 0 Å². The van der Waals surface area contributed by atoms with Gasteiger partial charge in [0.15, 0.2) is 0 Å². The van der Waals surface area contributed by atoms with Crippen molar-refractivity contribution >= 4 is 44.1 Å². The zero-order chi connectivity index (χ0) is 33.8. The lowest BCUT2D eigenvalue weighted by Crippen LogP contribution is -2.30. The van der Waals surface area contributed by atoms with Crippen LogP contribution in [0.2, 0.25) is 5.02 Å². The molecule has 0 saturated heterocycles. The van der Waals surface area contributed by atoms with E-state index in [2.05, 4.69) is 10.4 Å². The Morgan fingerprint density at radius 2 is 1.51 bits per heavy atom. The third-order valence-corrected chi connectivity index (χ3v) is 9.79. The fraction of sp³-hybridized carbons (Fsp3) is 0.235. The molecule has 0 radical (unpaired) electrons. The molecule has 1 aromatic heterocycles. The van der Waals surface area contributed by atoms with Crippen LogP contribution in [0.25, 0.3) is 10.9 Å². The molecule has 0 aliphatic rings. The van der Waals surface area contributed by atoms with Crippen molar-refractivity contribution in [2.75, 3.05) is 19.5 Å². The van der Waals surface area contributed by atoms with Crippen LogP contribution in [0.3, 0.4) is 0 Å². The van der Waals surface area contributed by atoms with Gasteiger partial charge in [0.05, 0.1) is 31.1 Å². The minimum atomic E-state index is -4.42. The zero-order valence-corrected chi connectivity index (χ0v) is 27.5. The van der Waals surface area contributed by atoms with Crippen LogP contribution in [0.15, 0.2) is 96.0 Å². The van der Waals surface area contributed by atoms with Gasteiger partial charge in [-0.05, 0) is 59.2 Å². The number of hydrogen-bond acceptors (Lipinski definition) is 6. The van der Waals surface area contributed by atoms with Crippen molar-refractivity contribution in [2.24, 2.45) is 0 Å². The molecule has 0 bridgehead atoms. The predicted octanol–water partition coefficient (Wildman–Crippen LogP) is 7.24. The molecule has 0 atom stereocenters. The van der Waals surface area contributed by atoms with Crippen molar-refractivity contribution in [3.8, 4) is 11.5 Å². The summed E-state index contributed by atoms with van der Waals surface area (Å²) in [7, 11) is -1.36. The molecule has 5 aromatic rings. The number of methoxy groups -OCH3 is 2. The second kappa shape index (κ2) is 14.1. The summed E-state index contributed by atoms with van der Waals surface area (Å²) in [5, 5.41) is 7.13. The summed E-state index contributed by atoms with van der Waals surface area (Å²) < 4.78 is 71.1. The molecule has 1 N–H and O–H groups in total. The van der Waals surface area contributed by atoms with E-state index in [1.807, 2.05) is 0 Å². The lowest BCUT2D eigenvalue weighted by molar-refractivity contribution is -0.115. The molecule has 4 aromatic carbocycles. The number of amides is 1. The number of anilines is 1. The highest BCUT2D eigenvalue weighted by atomic mass is 35.5. The molecular formula is C34H33ClF2N4O5S. The summed E-state index contributed by atoms with van der Waals surface area (Å²) in [6, 6.07) is 20.0. The lowest BCUT2D eigenvalue weighted by Gasteiger charge is -2.23. The van der Waals surface area contributed by atoms with Gasteiger partial charge in [-0.25, -0.2) is 13.1 Å². The summed E-state index contributed by atoms with van der Waals surface area (Å²) in [6.07, 6.45) is 0.370. The highest BCUT2D eigenvalue weighted by Crippen LogP contribution is 2.34. The summed E-state index contributed by atoms with van der Waals surface area (Å²) in [5.41, 5.74) is 1.94. The van der Waals surface area contributed by atoms with Gasteiger partial charge in [0.25, 0.3) is 0 Å². The normalized spacial score (nSPS) is 12.0. The Morgan fingerprint density at radius 1 is 0.936 bits per heavy atom. The van der Waals surface area contributed by atoms with Crippen LogP contribution < -0.4 is 14.8 Å². The van der Waals surface area contributed by atoms with Gasteiger partial charge in [-0.15, -0.1) is 0 Å². The zero-order valence-electron chi connectivity index (χ0n) is 25.9. The van der Waals surface area contributed by atoms with Crippen molar-refractivity contribution in [3.05, 3.63) is 113 Å². The minimum absolute atomic E-state index is 0.0170. The lowest BCUT2D eigenvalue weighted by atomic mass is 10.1. The van der Waals surface area contributed by atoms with E-state index in [9.17, 15) is 22.0 Å². The molecule has 9 nitrogen and oxygen atoms in total. The van der Waals surface area contributed by atoms with Gasteiger partial charge < -0.3 is 14.8 Å². The summed E-state index contributed by atoms with van der Waals surface area (Å²) in [4.78, 5) is 12.8. The first kappa shape index (κ1) is 33.8. The van der Waals surface area contributed by atoms with Gasteiger partial charge in [0.1, 0.15) is 11.5 Å². The molecule has 1 heterocycles. The number of hydrogen-bond donors (Lipinski definition) is 1. The first-order valence-corrected chi connectivity index (χ1v) is 16.5. The van der Waals surface area contributed by atoms with E-state index in [-0.39, 0.29) is 41.0 Å².